The van der Waals surface area contributed by atoms with Gasteiger partial charge in [0.1, 0.15) is 5.82 Å². The van der Waals surface area contributed by atoms with Crippen molar-refractivity contribution >= 4 is 11.6 Å². The van der Waals surface area contributed by atoms with Crippen LogP contribution in [0.4, 0.5) is 10.1 Å². The van der Waals surface area contributed by atoms with Crippen LogP contribution >= 0.6 is 0 Å². The summed E-state index contributed by atoms with van der Waals surface area (Å²) >= 11 is 0. The minimum atomic E-state index is -0.454. The number of amides is 1. The van der Waals surface area contributed by atoms with Gasteiger partial charge in [0.05, 0.1) is 17.3 Å². The predicted octanol–water partition coefficient (Wildman–Crippen LogP) is 1.82. The van der Waals surface area contributed by atoms with Crippen molar-refractivity contribution in [2.75, 3.05) is 11.4 Å². The molecule has 2 rings (SSSR count). The smallest absolute Gasteiger partial charge is 0.227 e. The van der Waals surface area contributed by atoms with Gasteiger partial charge in [0.25, 0.3) is 0 Å². The van der Waals surface area contributed by atoms with E-state index in [1.807, 2.05) is 6.07 Å². The molecule has 0 spiro atoms. The fourth-order valence-corrected chi connectivity index (χ4v) is 1.69. The Morgan fingerprint density at radius 3 is 2.87 bits per heavy atom. The number of anilines is 1. The third-order valence-electron chi connectivity index (χ3n) is 2.44. The number of benzene rings is 1. The van der Waals surface area contributed by atoms with Gasteiger partial charge in [-0.2, -0.15) is 5.26 Å². The first-order chi connectivity index (χ1) is 7.22. The highest BCUT2D eigenvalue weighted by atomic mass is 19.1. The molecule has 4 heteroatoms. The van der Waals surface area contributed by atoms with E-state index >= 15 is 0 Å². The summed E-state index contributed by atoms with van der Waals surface area (Å²) in [5.41, 5.74) is 0.586. The van der Waals surface area contributed by atoms with Gasteiger partial charge in [-0.15, -0.1) is 0 Å². The fraction of sp³-hybridized carbons (Fsp3) is 0.273. The highest BCUT2D eigenvalue weighted by molar-refractivity contribution is 5.95. The molecule has 1 aromatic carbocycles. The summed E-state index contributed by atoms with van der Waals surface area (Å²) in [5, 5.41) is 8.69. The first-order valence-electron chi connectivity index (χ1n) is 4.72. The monoisotopic (exact) mass is 204 g/mol. The van der Waals surface area contributed by atoms with E-state index in [0.717, 1.165) is 6.42 Å². The Balaban J connectivity index is 2.43. The van der Waals surface area contributed by atoms with Gasteiger partial charge >= 0.3 is 0 Å². The second kappa shape index (κ2) is 3.70. The molecule has 1 amide bonds. The van der Waals surface area contributed by atoms with Crippen LogP contribution in [0, 0.1) is 17.1 Å². The van der Waals surface area contributed by atoms with Crippen LogP contribution in [-0.4, -0.2) is 12.5 Å². The highest BCUT2D eigenvalue weighted by Gasteiger charge is 2.24. The predicted molar refractivity (Wildman–Crippen MR) is 52.7 cm³/mol. The summed E-state index contributed by atoms with van der Waals surface area (Å²) in [5.74, 6) is -0.534. The van der Waals surface area contributed by atoms with E-state index in [0.29, 0.717) is 18.5 Å². The van der Waals surface area contributed by atoms with Crippen LogP contribution in [0.3, 0.4) is 0 Å². The van der Waals surface area contributed by atoms with Gasteiger partial charge in [0, 0.05) is 13.0 Å². The number of carbonyl (C=O) groups is 1. The van der Waals surface area contributed by atoms with Gasteiger partial charge in [-0.3, -0.25) is 4.79 Å². The van der Waals surface area contributed by atoms with Gasteiger partial charge < -0.3 is 4.90 Å². The maximum atomic E-state index is 13.4. The Kier molecular flexibility index (Phi) is 2.38. The Bertz CT molecular complexity index is 450. The molecular weight excluding hydrogens is 195 g/mol. The summed E-state index contributed by atoms with van der Waals surface area (Å²) in [4.78, 5) is 12.8. The lowest BCUT2D eigenvalue weighted by atomic mass is 10.2. The largest absolute Gasteiger partial charge is 0.310 e. The van der Waals surface area contributed by atoms with Crippen LogP contribution in [0.1, 0.15) is 18.4 Å². The maximum absolute atomic E-state index is 13.4. The number of halogens is 1. The number of carbonyl (C=O) groups excluding carboxylic acids is 1. The zero-order chi connectivity index (χ0) is 10.8. The molecule has 0 aromatic heterocycles. The molecule has 3 nitrogen and oxygen atoms in total. The molecule has 1 heterocycles. The molecule has 0 bridgehead atoms. The number of hydrogen-bond acceptors (Lipinski definition) is 2. The average molecular weight is 204 g/mol. The van der Waals surface area contributed by atoms with Crippen LogP contribution in [0.2, 0.25) is 0 Å². The quantitative estimate of drug-likeness (QED) is 0.700. The number of nitrogens with zero attached hydrogens (tertiary/aromatic N) is 2. The summed E-state index contributed by atoms with van der Waals surface area (Å²) in [6.45, 7) is 0.532. The molecule has 1 saturated heterocycles. The standard InChI is InChI=1S/C11H9FN2O/c12-9-4-3-8(7-13)6-10(9)14-5-1-2-11(14)15/h3-4,6H,1-2,5H2. The molecule has 0 radical (unpaired) electrons. The summed E-state index contributed by atoms with van der Waals surface area (Å²) in [6.07, 6.45) is 1.20. The normalized spacial score (nSPS) is 15.5. The van der Waals surface area contributed by atoms with E-state index < -0.39 is 5.82 Å². The Labute approximate surface area is 86.7 Å². The van der Waals surface area contributed by atoms with Gasteiger partial charge in [-0.05, 0) is 24.6 Å². The molecule has 1 aliphatic heterocycles. The van der Waals surface area contributed by atoms with Crippen molar-refractivity contribution in [3.8, 4) is 6.07 Å². The highest BCUT2D eigenvalue weighted by Crippen LogP contribution is 2.25. The molecular formula is C11H9FN2O. The fourth-order valence-electron chi connectivity index (χ4n) is 1.69. The van der Waals surface area contributed by atoms with Crippen molar-refractivity contribution in [2.24, 2.45) is 0 Å². The van der Waals surface area contributed by atoms with Crippen LogP contribution in [0.5, 0.6) is 0 Å². The van der Waals surface area contributed by atoms with Crippen molar-refractivity contribution < 1.29 is 9.18 Å². The molecule has 0 atom stereocenters. The number of hydrogen-bond donors (Lipinski definition) is 0. The molecule has 0 aliphatic carbocycles. The first kappa shape index (κ1) is 9.66. The Morgan fingerprint density at radius 1 is 1.47 bits per heavy atom. The zero-order valence-corrected chi connectivity index (χ0v) is 8.03. The molecule has 1 fully saturated rings. The zero-order valence-electron chi connectivity index (χ0n) is 8.03. The van der Waals surface area contributed by atoms with Crippen molar-refractivity contribution in [3.05, 3.63) is 29.6 Å². The Morgan fingerprint density at radius 2 is 2.27 bits per heavy atom. The lowest BCUT2D eigenvalue weighted by Crippen LogP contribution is -2.24. The van der Waals surface area contributed by atoms with E-state index in [4.69, 9.17) is 5.26 Å². The SMILES string of the molecule is N#Cc1ccc(F)c(N2CCCC2=O)c1. The van der Waals surface area contributed by atoms with E-state index in [1.165, 1.54) is 23.1 Å². The lowest BCUT2D eigenvalue weighted by molar-refractivity contribution is -0.117. The molecule has 15 heavy (non-hydrogen) atoms. The van der Waals surface area contributed by atoms with Crippen LogP contribution in [-0.2, 0) is 4.79 Å². The molecule has 0 N–H and O–H groups in total. The minimum absolute atomic E-state index is 0.0796. The van der Waals surface area contributed by atoms with Crippen molar-refractivity contribution in [1.82, 2.24) is 0 Å². The van der Waals surface area contributed by atoms with Crippen molar-refractivity contribution in [3.63, 3.8) is 0 Å². The van der Waals surface area contributed by atoms with Crippen molar-refractivity contribution in [2.45, 2.75) is 12.8 Å². The average Bonchev–Trinajstić information content (AvgIpc) is 2.65. The van der Waals surface area contributed by atoms with E-state index in [1.54, 1.807) is 0 Å². The topological polar surface area (TPSA) is 44.1 Å². The van der Waals surface area contributed by atoms with Crippen molar-refractivity contribution in [1.29, 1.82) is 5.26 Å². The molecule has 76 valence electrons. The van der Waals surface area contributed by atoms with Crippen LogP contribution in [0.15, 0.2) is 18.2 Å². The second-order valence-electron chi connectivity index (χ2n) is 3.43. The van der Waals surface area contributed by atoms with Gasteiger partial charge in [-0.1, -0.05) is 0 Å². The maximum Gasteiger partial charge on any atom is 0.227 e. The first-order valence-corrected chi connectivity index (χ1v) is 4.72. The molecule has 1 aliphatic rings. The minimum Gasteiger partial charge on any atom is -0.310 e. The van der Waals surface area contributed by atoms with E-state index in [-0.39, 0.29) is 11.6 Å². The summed E-state index contributed by atoms with van der Waals surface area (Å²) in [7, 11) is 0. The summed E-state index contributed by atoms with van der Waals surface area (Å²) < 4.78 is 13.4. The van der Waals surface area contributed by atoms with E-state index in [2.05, 4.69) is 0 Å². The molecule has 1 aromatic rings. The third-order valence-corrected chi connectivity index (χ3v) is 2.44. The molecule has 0 saturated carbocycles. The van der Waals surface area contributed by atoms with Gasteiger partial charge in [0.15, 0.2) is 0 Å². The van der Waals surface area contributed by atoms with Crippen LogP contribution < -0.4 is 4.90 Å². The number of rotatable bonds is 1. The van der Waals surface area contributed by atoms with Crippen LogP contribution in [0.25, 0.3) is 0 Å². The Hall–Kier alpha value is -1.89. The van der Waals surface area contributed by atoms with Gasteiger partial charge in [0.2, 0.25) is 5.91 Å². The second-order valence-corrected chi connectivity index (χ2v) is 3.43. The van der Waals surface area contributed by atoms with E-state index in [9.17, 15) is 9.18 Å². The summed E-state index contributed by atoms with van der Waals surface area (Å²) in [6, 6.07) is 5.97. The lowest BCUT2D eigenvalue weighted by Gasteiger charge is -2.16. The molecule has 0 unspecified atom stereocenters. The van der Waals surface area contributed by atoms with Gasteiger partial charge in [-0.25, -0.2) is 4.39 Å². The third kappa shape index (κ3) is 1.68. The number of nitriles is 1.